The van der Waals surface area contributed by atoms with E-state index >= 15 is 0 Å². The molecular formula is C12H23NO2. The molecule has 88 valence electrons. The van der Waals surface area contributed by atoms with Crippen molar-refractivity contribution in [2.24, 2.45) is 0 Å². The normalized spacial score (nSPS) is 27.1. The Balaban J connectivity index is 2.60. The molecule has 1 fully saturated rings. The largest absolute Gasteiger partial charge is 0.461 e. The lowest BCUT2D eigenvalue weighted by atomic mass is 9.91. The predicted octanol–water partition coefficient (Wildman–Crippen LogP) is 2.20. The molecule has 0 N–H and O–H groups in total. The Kier molecular flexibility index (Phi) is 4.58. The van der Waals surface area contributed by atoms with Crippen molar-refractivity contribution < 1.29 is 9.53 Å². The number of esters is 1. The van der Waals surface area contributed by atoms with E-state index in [2.05, 4.69) is 25.8 Å². The van der Waals surface area contributed by atoms with Crippen LogP contribution in [0.25, 0.3) is 0 Å². The van der Waals surface area contributed by atoms with Crippen LogP contribution in [-0.4, -0.2) is 36.1 Å². The van der Waals surface area contributed by atoms with Gasteiger partial charge in [-0.25, -0.2) is 0 Å². The molecule has 0 aliphatic heterocycles. The minimum atomic E-state index is -0.149. The lowest BCUT2D eigenvalue weighted by molar-refractivity contribution is -0.152. The summed E-state index contributed by atoms with van der Waals surface area (Å²) in [6.45, 7) is 5.86. The van der Waals surface area contributed by atoms with Crippen molar-refractivity contribution in [1.82, 2.24) is 4.90 Å². The van der Waals surface area contributed by atoms with Gasteiger partial charge in [0, 0.05) is 19.0 Å². The minimum absolute atomic E-state index is 0.101. The Morgan fingerprint density at radius 1 is 1.33 bits per heavy atom. The lowest BCUT2D eigenvalue weighted by Gasteiger charge is -2.39. The van der Waals surface area contributed by atoms with Crippen molar-refractivity contribution >= 4 is 5.97 Å². The van der Waals surface area contributed by atoms with Gasteiger partial charge < -0.3 is 4.74 Å². The number of hydrogen-bond acceptors (Lipinski definition) is 3. The van der Waals surface area contributed by atoms with Gasteiger partial charge in [-0.1, -0.05) is 6.42 Å². The molecular weight excluding hydrogens is 190 g/mol. The second kappa shape index (κ2) is 5.50. The van der Waals surface area contributed by atoms with Crippen LogP contribution in [0.2, 0.25) is 0 Å². The number of carbonyl (C=O) groups excluding carboxylic acids is 1. The van der Waals surface area contributed by atoms with Crippen LogP contribution in [0.4, 0.5) is 0 Å². The minimum Gasteiger partial charge on any atom is -0.461 e. The summed E-state index contributed by atoms with van der Waals surface area (Å²) in [5, 5.41) is 0. The summed E-state index contributed by atoms with van der Waals surface area (Å²) in [5.41, 5.74) is 0. The van der Waals surface area contributed by atoms with Gasteiger partial charge in [0.05, 0.1) is 0 Å². The number of likely N-dealkylation sites (N-methyl/N-ethyl adjacent to an activating group) is 1. The van der Waals surface area contributed by atoms with E-state index in [1.165, 1.54) is 19.8 Å². The first-order chi connectivity index (χ1) is 7.02. The molecule has 0 radical (unpaired) electrons. The molecule has 15 heavy (non-hydrogen) atoms. The lowest BCUT2D eigenvalue weighted by Crippen LogP contribution is -2.48. The van der Waals surface area contributed by atoms with Crippen molar-refractivity contribution in [2.45, 2.75) is 64.6 Å². The molecule has 0 aromatic heterocycles. The molecule has 0 bridgehead atoms. The third kappa shape index (κ3) is 3.49. The second-order valence-corrected chi connectivity index (χ2v) is 4.76. The zero-order chi connectivity index (χ0) is 11.4. The van der Waals surface area contributed by atoms with Crippen LogP contribution in [0, 0.1) is 0 Å². The van der Waals surface area contributed by atoms with Gasteiger partial charge in [-0.3, -0.25) is 9.69 Å². The van der Waals surface area contributed by atoms with E-state index in [-0.39, 0.29) is 12.1 Å². The highest BCUT2D eigenvalue weighted by Gasteiger charge is 2.31. The topological polar surface area (TPSA) is 29.5 Å². The number of nitrogens with zero attached hydrogens (tertiary/aromatic N) is 1. The Hall–Kier alpha value is -0.570. The van der Waals surface area contributed by atoms with Crippen LogP contribution in [0.1, 0.15) is 46.5 Å². The Morgan fingerprint density at radius 3 is 2.47 bits per heavy atom. The van der Waals surface area contributed by atoms with Crippen LogP contribution in [0.3, 0.4) is 0 Å². The highest BCUT2D eigenvalue weighted by atomic mass is 16.5. The molecule has 1 aliphatic carbocycles. The number of hydrogen-bond donors (Lipinski definition) is 0. The quantitative estimate of drug-likeness (QED) is 0.673. The van der Waals surface area contributed by atoms with E-state index in [4.69, 9.17) is 4.74 Å². The van der Waals surface area contributed by atoms with Gasteiger partial charge in [0.1, 0.15) is 6.10 Å². The van der Waals surface area contributed by atoms with E-state index in [9.17, 15) is 4.79 Å². The number of rotatable bonds is 3. The van der Waals surface area contributed by atoms with Gasteiger partial charge in [0.2, 0.25) is 0 Å². The van der Waals surface area contributed by atoms with Gasteiger partial charge in [0.25, 0.3) is 0 Å². The molecule has 0 saturated heterocycles. The van der Waals surface area contributed by atoms with Crippen LogP contribution in [0.5, 0.6) is 0 Å². The molecule has 2 atom stereocenters. The highest BCUT2D eigenvalue weighted by molar-refractivity contribution is 5.66. The van der Waals surface area contributed by atoms with Crippen molar-refractivity contribution in [3.63, 3.8) is 0 Å². The summed E-state index contributed by atoms with van der Waals surface area (Å²) < 4.78 is 5.39. The SMILES string of the molecule is CC(=O)O[C@@H]1CCCC[C@H]1N(C)C(C)C. The summed E-state index contributed by atoms with van der Waals surface area (Å²) in [6, 6.07) is 0.911. The average molecular weight is 213 g/mol. The Labute approximate surface area is 92.8 Å². The van der Waals surface area contributed by atoms with E-state index in [0.29, 0.717) is 12.1 Å². The fraction of sp³-hybridized carbons (Fsp3) is 0.917. The third-order valence-corrected chi connectivity index (χ3v) is 3.32. The molecule has 1 aliphatic rings. The molecule has 1 rings (SSSR count). The average Bonchev–Trinajstić information content (AvgIpc) is 2.16. The fourth-order valence-corrected chi connectivity index (χ4v) is 2.28. The van der Waals surface area contributed by atoms with Crippen LogP contribution >= 0.6 is 0 Å². The molecule has 1 saturated carbocycles. The first-order valence-electron chi connectivity index (χ1n) is 5.91. The molecule has 0 spiro atoms. The fourth-order valence-electron chi connectivity index (χ4n) is 2.28. The van der Waals surface area contributed by atoms with E-state index < -0.39 is 0 Å². The van der Waals surface area contributed by atoms with E-state index in [1.807, 2.05) is 0 Å². The summed E-state index contributed by atoms with van der Waals surface area (Å²) in [6.07, 6.45) is 4.69. The van der Waals surface area contributed by atoms with Gasteiger partial charge in [0.15, 0.2) is 0 Å². The third-order valence-electron chi connectivity index (χ3n) is 3.32. The monoisotopic (exact) mass is 213 g/mol. The first-order valence-corrected chi connectivity index (χ1v) is 5.91. The van der Waals surface area contributed by atoms with E-state index in [1.54, 1.807) is 0 Å². The van der Waals surface area contributed by atoms with E-state index in [0.717, 1.165) is 12.8 Å². The first kappa shape index (κ1) is 12.5. The molecule has 0 aromatic rings. The molecule has 3 heteroatoms. The predicted molar refractivity (Wildman–Crippen MR) is 60.7 cm³/mol. The Bertz CT molecular complexity index is 216. The zero-order valence-electron chi connectivity index (χ0n) is 10.3. The summed E-state index contributed by atoms with van der Waals surface area (Å²) in [5.74, 6) is -0.149. The van der Waals surface area contributed by atoms with Gasteiger partial charge in [-0.2, -0.15) is 0 Å². The maximum absolute atomic E-state index is 11.0. The van der Waals surface area contributed by atoms with Crippen molar-refractivity contribution in [3.8, 4) is 0 Å². The van der Waals surface area contributed by atoms with Crippen molar-refractivity contribution in [2.75, 3.05) is 7.05 Å². The summed E-state index contributed by atoms with van der Waals surface area (Å²) in [7, 11) is 2.12. The Morgan fingerprint density at radius 2 is 1.93 bits per heavy atom. The molecule has 0 heterocycles. The van der Waals surface area contributed by atoms with Crippen molar-refractivity contribution in [1.29, 1.82) is 0 Å². The van der Waals surface area contributed by atoms with Gasteiger partial charge in [-0.15, -0.1) is 0 Å². The van der Waals surface area contributed by atoms with Crippen LogP contribution in [0.15, 0.2) is 0 Å². The van der Waals surface area contributed by atoms with Gasteiger partial charge in [-0.05, 0) is 40.2 Å². The second-order valence-electron chi connectivity index (χ2n) is 4.76. The van der Waals surface area contributed by atoms with Crippen molar-refractivity contribution in [3.05, 3.63) is 0 Å². The van der Waals surface area contributed by atoms with Gasteiger partial charge >= 0.3 is 5.97 Å². The molecule has 0 unspecified atom stereocenters. The van der Waals surface area contributed by atoms with Crippen LogP contribution in [-0.2, 0) is 9.53 Å². The standard InChI is InChI=1S/C12H23NO2/c1-9(2)13(4)11-7-5-6-8-12(11)15-10(3)14/h9,11-12H,5-8H2,1-4H3/t11-,12-/m1/s1. The maximum atomic E-state index is 11.0. The molecule has 0 amide bonds. The number of ether oxygens (including phenoxy) is 1. The highest BCUT2D eigenvalue weighted by Crippen LogP contribution is 2.26. The molecule has 3 nitrogen and oxygen atoms in total. The number of carbonyl (C=O) groups is 1. The van der Waals surface area contributed by atoms with Crippen LogP contribution < -0.4 is 0 Å². The summed E-state index contributed by atoms with van der Waals surface area (Å²) in [4.78, 5) is 13.3. The zero-order valence-corrected chi connectivity index (χ0v) is 10.3. The smallest absolute Gasteiger partial charge is 0.302 e. The molecule has 0 aromatic carbocycles. The summed E-state index contributed by atoms with van der Waals surface area (Å²) >= 11 is 0. The maximum Gasteiger partial charge on any atom is 0.302 e.